The summed E-state index contributed by atoms with van der Waals surface area (Å²) in [5, 5.41) is 0. The average molecular weight is 402 g/mol. The van der Waals surface area contributed by atoms with Crippen LogP contribution in [-0.4, -0.2) is 43.4 Å². The van der Waals surface area contributed by atoms with Crippen LogP contribution >= 0.6 is 0 Å². The van der Waals surface area contributed by atoms with E-state index < -0.39 is 9.84 Å². The lowest BCUT2D eigenvalue weighted by molar-refractivity contribution is 0.0613. The first-order valence-electron chi connectivity index (χ1n) is 9.72. The highest BCUT2D eigenvalue weighted by molar-refractivity contribution is 7.91. The maximum absolute atomic E-state index is 13.4. The minimum Gasteiger partial charge on any atom is -0.494 e. The number of nitrogens with zero attached hydrogens (tertiary/aromatic N) is 1. The number of benzene rings is 2. The van der Waals surface area contributed by atoms with Crippen LogP contribution in [0, 0.1) is 0 Å². The van der Waals surface area contributed by atoms with E-state index in [4.69, 9.17) is 4.74 Å². The van der Waals surface area contributed by atoms with E-state index in [1.165, 1.54) is 0 Å². The van der Waals surface area contributed by atoms with Crippen LogP contribution in [0.5, 0.6) is 5.75 Å². The summed E-state index contributed by atoms with van der Waals surface area (Å²) in [7, 11) is -3.10. The topological polar surface area (TPSA) is 63.7 Å². The van der Waals surface area contributed by atoms with Gasteiger partial charge in [-0.2, -0.15) is 0 Å². The lowest BCUT2D eigenvalue weighted by Crippen LogP contribution is -2.42. The summed E-state index contributed by atoms with van der Waals surface area (Å²) in [6.45, 7) is 4.62. The van der Waals surface area contributed by atoms with Gasteiger partial charge in [0.25, 0.3) is 5.91 Å². The summed E-state index contributed by atoms with van der Waals surface area (Å²) in [6.07, 6.45) is 1.39. The molecule has 0 N–H and O–H groups in total. The summed E-state index contributed by atoms with van der Waals surface area (Å²) in [5.74, 6) is 0.727. The molecule has 2 aromatic carbocycles. The Labute approximate surface area is 167 Å². The molecule has 0 radical (unpaired) electrons. The molecule has 1 aliphatic rings. The van der Waals surface area contributed by atoms with Crippen LogP contribution in [-0.2, 0) is 9.84 Å². The van der Waals surface area contributed by atoms with E-state index in [1.807, 2.05) is 44.2 Å². The Morgan fingerprint density at radius 1 is 1.14 bits per heavy atom. The summed E-state index contributed by atoms with van der Waals surface area (Å²) in [6, 6.07) is 16.3. The standard InChI is InChI=1S/C22H27NO4S/c1-3-14-27-21-11-9-19(10-12-21)22(24)23(20-13-15-28(25,26)16-20)17(2)18-7-5-4-6-8-18/h4-12,17,20H,3,13-16H2,1-2H3/t17-,20-/m1/s1. The number of carbonyl (C=O) groups excluding carboxylic acids is 1. The third-order valence-electron chi connectivity index (χ3n) is 5.11. The fourth-order valence-corrected chi connectivity index (χ4v) is 5.32. The molecule has 2 atom stereocenters. The average Bonchev–Trinajstić information content (AvgIpc) is 3.06. The van der Waals surface area contributed by atoms with Crippen LogP contribution in [0.25, 0.3) is 0 Å². The first-order chi connectivity index (χ1) is 13.4. The van der Waals surface area contributed by atoms with E-state index in [-0.39, 0.29) is 29.5 Å². The summed E-state index contributed by atoms with van der Waals surface area (Å²) in [5.41, 5.74) is 1.53. The van der Waals surface area contributed by atoms with E-state index in [1.54, 1.807) is 29.2 Å². The molecule has 1 fully saturated rings. The Kier molecular flexibility index (Phi) is 6.39. The number of sulfone groups is 1. The normalized spacial score (nSPS) is 19.1. The first-order valence-corrected chi connectivity index (χ1v) is 11.5. The van der Waals surface area contributed by atoms with E-state index in [0.29, 0.717) is 18.6 Å². The molecule has 2 aromatic rings. The van der Waals surface area contributed by atoms with Crippen LogP contribution in [0.3, 0.4) is 0 Å². The molecule has 0 spiro atoms. The van der Waals surface area contributed by atoms with E-state index in [0.717, 1.165) is 17.7 Å². The predicted octanol–water partition coefficient (Wildman–Crippen LogP) is 3.87. The van der Waals surface area contributed by atoms with Crippen molar-refractivity contribution in [3.05, 3.63) is 65.7 Å². The van der Waals surface area contributed by atoms with Gasteiger partial charge in [0.1, 0.15) is 5.75 Å². The molecule has 6 heteroatoms. The van der Waals surface area contributed by atoms with E-state index in [9.17, 15) is 13.2 Å². The van der Waals surface area contributed by atoms with E-state index in [2.05, 4.69) is 0 Å². The summed E-state index contributed by atoms with van der Waals surface area (Å²) >= 11 is 0. The monoisotopic (exact) mass is 401 g/mol. The molecular formula is C22H27NO4S. The highest BCUT2D eigenvalue weighted by Gasteiger charge is 2.37. The first kappa shape index (κ1) is 20.4. The van der Waals surface area contributed by atoms with Crippen molar-refractivity contribution in [1.82, 2.24) is 4.90 Å². The zero-order chi connectivity index (χ0) is 20.1. The molecule has 1 amide bonds. The largest absolute Gasteiger partial charge is 0.494 e. The van der Waals surface area contributed by atoms with Crippen molar-refractivity contribution in [3.8, 4) is 5.75 Å². The van der Waals surface area contributed by atoms with Gasteiger partial charge in [-0.3, -0.25) is 4.79 Å². The summed E-state index contributed by atoms with van der Waals surface area (Å²) in [4.78, 5) is 15.1. The van der Waals surface area contributed by atoms with Crippen molar-refractivity contribution in [2.45, 2.75) is 38.8 Å². The van der Waals surface area contributed by atoms with Gasteiger partial charge < -0.3 is 9.64 Å². The fraction of sp³-hybridized carbons (Fsp3) is 0.409. The Morgan fingerprint density at radius 3 is 2.39 bits per heavy atom. The second-order valence-electron chi connectivity index (χ2n) is 7.23. The third-order valence-corrected chi connectivity index (χ3v) is 6.86. The lowest BCUT2D eigenvalue weighted by Gasteiger charge is -2.34. The van der Waals surface area contributed by atoms with Crippen molar-refractivity contribution < 1.29 is 17.9 Å². The summed E-state index contributed by atoms with van der Waals surface area (Å²) < 4.78 is 29.7. The minimum atomic E-state index is -3.10. The van der Waals surface area contributed by atoms with Crippen LogP contribution in [0.2, 0.25) is 0 Å². The maximum atomic E-state index is 13.4. The molecule has 5 nitrogen and oxygen atoms in total. The molecule has 1 saturated heterocycles. The van der Waals surface area contributed by atoms with Crippen LogP contribution in [0.15, 0.2) is 54.6 Å². The zero-order valence-electron chi connectivity index (χ0n) is 16.4. The maximum Gasteiger partial charge on any atom is 0.254 e. The van der Waals surface area contributed by atoms with Gasteiger partial charge in [0.2, 0.25) is 0 Å². The van der Waals surface area contributed by atoms with Gasteiger partial charge in [0, 0.05) is 11.6 Å². The quantitative estimate of drug-likeness (QED) is 0.707. The number of carbonyl (C=O) groups is 1. The molecule has 1 aliphatic heterocycles. The molecule has 0 unspecified atom stereocenters. The van der Waals surface area contributed by atoms with Gasteiger partial charge in [-0.1, -0.05) is 37.3 Å². The van der Waals surface area contributed by atoms with Crippen molar-refractivity contribution >= 4 is 15.7 Å². The van der Waals surface area contributed by atoms with Gasteiger partial charge in [-0.15, -0.1) is 0 Å². The highest BCUT2D eigenvalue weighted by atomic mass is 32.2. The molecular weight excluding hydrogens is 374 g/mol. The number of hydrogen-bond acceptors (Lipinski definition) is 4. The Morgan fingerprint density at radius 2 is 1.82 bits per heavy atom. The highest BCUT2D eigenvalue weighted by Crippen LogP contribution is 2.30. The second-order valence-corrected chi connectivity index (χ2v) is 9.46. The Bertz CT molecular complexity index is 894. The Balaban J connectivity index is 1.88. The molecule has 150 valence electrons. The van der Waals surface area contributed by atoms with Gasteiger partial charge in [0.05, 0.1) is 24.2 Å². The molecule has 0 aromatic heterocycles. The number of rotatable bonds is 7. The SMILES string of the molecule is CCCOc1ccc(C(=O)N([C@@H]2CCS(=O)(=O)C2)[C@H](C)c2ccccc2)cc1. The molecule has 28 heavy (non-hydrogen) atoms. The molecule has 1 heterocycles. The van der Waals surface area contributed by atoms with Crippen LogP contribution < -0.4 is 4.74 Å². The van der Waals surface area contributed by atoms with Crippen molar-refractivity contribution in [1.29, 1.82) is 0 Å². The van der Waals surface area contributed by atoms with Gasteiger partial charge >= 0.3 is 0 Å². The van der Waals surface area contributed by atoms with Crippen LogP contribution in [0.4, 0.5) is 0 Å². The van der Waals surface area contributed by atoms with E-state index >= 15 is 0 Å². The third kappa shape index (κ3) is 4.73. The number of ether oxygens (including phenoxy) is 1. The molecule has 0 aliphatic carbocycles. The van der Waals surface area contributed by atoms with Crippen molar-refractivity contribution in [2.75, 3.05) is 18.1 Å². The van der Waals surface area contributed by atoms with Gasteiger partial charge in [0.15, 0.2) is 9.84 Å². The lowest BCUT2D eigenvalue weighted by atomic mass is 10.0. The Hall–Kier alpha value is -2.34. The molecule has 3 rings (SSSR count). The second kappa shape index (κ2) is 8.78. The predicted molar refractivity (Wildman–Crippen MR) is 110 cm³/mol. The molecule has 0 bridgehead atoms. The number of amides is 1. The van der Waals surface area contributed by atoms with Gasteiger partial charge in [-0.25, -0.2) is 8.42 Å². The smallest absolute Gasteiger partial charge is 0.254 e. The van der Waals surface area contributed by atoms with Gasteiger partial charge in [-0.05, 0) is 49.6 Å². The molecule has 0 saturated carbocycles. The minimum absolute atomic E-state index is 0.0214. The van der Waals surface area contributed by atoms with Crippen molar-refractivity contribution in [3.63, 3.8) is 0 Å². The number of hydrogen-bond donors (Lipinski definition) is 0. The fourth-order valence-electron chi connectivity index (χ4n) is 3.61. The van der Waals surface area contributed by atoms with Crippen LogP contribution in [0.1, 0.15) is 48.7 Å². The van der Waals surface area contributed by atoms with Crippen molar-refractivity contribution in [2.24, 2.45) is 0 Å². The zero-order valence-corrected chi connectivity index (χ0v) is 17.2.